The summed E-state index contributed by atoms with van der Waals surface area (Å²) in [6.07, 6.45) is 1.84. The molecule has 2 heterocycles. The Morgan fingerprint density at radius 1 is 1.12 bits per heavy atom. The van der Waals surface area contributed by atoms with E-state index in [-0.39, 0.29) is 0 Å². The van der Waals surface area contributed by atoms with Gasteiger partial charge in [-0.15, -0.1) is 0 Å². The predicted octanol–water partition coefficient (Wildman–Crippen LogP) is 3.95. The van der Waals surface area contributed by atoms with Gasteiger partial charge in [-0.1, -0.05) is 18.2 Å². The van der Waals surface area contributed by atoms with E-state index in [1.54, 1.807) is 0 Å². The third-order valence-electron chi connectivity index (χ3n) is 3.21. The SMILES string of the molecule is [CH2]c1nccc2c3ccccc3n(C(C)C)c12. The highest BCUT2D eigenvalue weighted by molar-refractivity contribution is 6.08. The van der Waals surface area contributed by atoms with E-state index >= 15 is 0 Å². The van der Waals surface area contributed by atoms with E-state index in [0.717, 1.165) is 11.2 Å². The highest BCUT2D eigenvalue weighted by Crippen LogP contribution is 2.32. The zero-order chi connectivity index (χ0) is 12.0. The van der Waals surface area contributed by atoms with E-state index in [1.165, 1.54) is 16.3 Å². The standard InChI is InChI=1S/C15H15N2/c1-10(2)17-14-7-5-4-6-12(14)13-8-9-16-11(3)15(13)17/h4-10H,3H2,1-2H3. The molecule has 2 nitrogen and oxygen atoms in total. The molecule has 2 aromatic heterocycles. The van der Waals surface area contributed by atoms with Crippen molar-refractivity contribution in [2.75, 3.05) is 0 Å². The van der Waals surface area contributed by atoms with E-state index in [2.05, 4.69) is 60.7 Å². The first-order chi connectivity index (χ1) is 8.20. The fourth-order valence-electron chi connectivity index (χ4n) is 2.55. The van der Waals surface area contributed by atoms with E-state index in [0.29, 0.717) is 6.04 Å². The number of pyridine rings is 1. The molecule has 0 aliphatic rings. The summed E-state index contributed by atoms with van der Waals surface area (Å²) >= 11 is 0. The smallest absolute Gasteiger partial charge is 0.0713 e. The van der Waals surface area contributed by atoms with Gasteiger partial charge in [0.25, 0.3) is 0 Å². The Kier molecular flexibility index (Phi) is 2.18. The number of aromatic nitrogens is 2. The number of rotatable bonds is 1. The van der Waals surface area contributed by atoms with Gasteiger partial charge < -0.3 is 4.57 Å². The highest BCUT2D eigenvalue weighted by atomic mass is 15.0. The van der Waals surface area contributed by atoms with Crippen molar-refractivity contribution in [1.29, 1.82) is 0 Å². The number of fused-ring (bicyclic) bond motifs is 3. The van der Waals surface area contributed by atoms with Gasteiger partial charge in [-0.25, -0.2) is 0 Å². The first kappa shape index (κ1) is 10.3. The summed E-state index contributed by atoms with van der Waals surface area (Å²) in [5, 5.41) is 2.53. The molecule has 0 saturated heterocycles. The van der Waals surface area contributed by atoms with Crippen LogP contribution in [0.1, 0.15) is 25.6 Å². The highest BCUT2D eigenvalue weighted by Gasteiger charge is 2.13. The topological polar surface area (TPSA) is 17.8 Å². The monoisotopic (exact) mass is 223 g/mol. The molecule has 17 heavy (non-hydrogen) atoms. The molecule has 0 atom stereocenters. The van der Waals surface area contributed by atoms with Gasteiger partial charge in [-0.05, 0) is 32.9 Å². The second kappa shape index (κ2) is 3.59. The zero-order valence-electron chi connectivity index (χ0n) is 10.1. The lowest BCUT2D eigenvalue weighted by atomic mass is 10.2. The normalized spacial score (nSPS) is 11.8. The minimum Gasteiger partial charge on any atom is -0.336 e. The summed E-state index contributed by atoms with van der Waals surface area (Å²) in [7, 11) is 0. The molecule has 0 fully saturated rings. The summed E-state index contributed by atoms with van der Waals surface area (Å²) in [6.45, 7) is 8.44. The summed E-state index contributed by atoms with van der Waals surface area (Å²) in [5.74, 6) is 0. The number of hydrogen-bond donors (Lipinski definition) is 0. The molecule has 1 radical (unpaired) electrons. The quantitative estimate of drug-likeness (QED) is 0.610. The maximum atomic E-state index is 4.31. The first-order valence-electron chi connectivity index (χ1n) is 5.89. The van der Waals surface area contributed by atoms with Crippen molar-refractivity contribution in [3.8, 4) is 0 Å². The Morgan fingerprint density at radius 3 is 2.65 bits per heavy atom. The Hall–Kier alpha value is -1.83. The van der Waals surface area contributed by atoms with Gasteiger partial charge in [0.1, 0.15) is 0 Å². The molecule has 3 rings (SSSR count). The second-order valence-corrected chi connectivity index (χ2v) is 4.63. The van der Waals surface area contributed by atoms with Crippen LogP contribution < -0.4 is 0 Å². The van der Waals surface area contributed by atoms with Crippen molar-refractivity contribution in [2.24, 2.45) is 0 Å². The van der Waals surface area contributed by atoms with Crippen LogP contribution in [0.5, 0.6) is 0 Å². The minimum absolute atomic E-state index is 0.405. The van der Waals surface area contributed by atoms with Crippen LogP contribution in [0.15, 0.2) is 36.5 Å². The Balaban J connectivity index is 2.63. The van der Waals surface area contributed by atoms with Gasteiger partial charge in [0.2, 0.25) is 0 Å². The van der Waals surface area contributed by atoms with Gasteiger partial charge in [-0.3, -0.25) is 4.98 Å². The van der Waals surface area contributed by atoms with Crippen molar-refractivity contribution in [2.45, 2.75) is 19.9 Å². The van der Waals surface area contributed by atoms with Crippen LogP contribution in [0.2, 0.25) is 0 Å². The maximum Gasteiger partial charge on any atom is 0.0713 e. The van der Waals surface area contributed by atoms with Crippen molar-refractivity contribution in [3.63, 3.8) is 0 Å². The number of hydrogen-bond acceptors (Lipinski definition) is 1. The largest absolute Gasteiger partial charge is 0.336 e. The minimum atomic E-state index is 0.405. The lowest BCUT2D eigenvalue weighted by molar-refractivity contribution is 0.641. The van der Waals surface area contributed by atoms with Crippen molar-refractivity contribution >= 4 is 21.8 Å². The second-order valence-electron chi connectivity index (χ2n) is 4.63. The molecule has 3 aromatic rings. The molecule has 0 spiro atoms. The van der Waals surface area contributed by atoms with Crippen LogP contribution in [0.3, 0.4) is 0 Å². The van der Waals surface area contributed by atoms with Crippen LogP contribution in [0, 0.1) is 6.92 Å². The number of para-hydroxylation sites is 1. The van der Waals surface area contributed by atoms with E-state index in [4.69, 9.17) is 0 Å². The predicted molar refractivity (Wildman–Crippen MR) is 72.1 cm³/mol. The molecular formula is C15H15N2. The summed E-state index contributed by atoms with van der Waals surface area (Å²) < 4.78 is 2.32. The molecule has 0 N–H and O–H groups in total. The van der Waals surface area contributed by atoms with Gasteiger partial charge in [-0.2, -0.15) is 0 Å². The van der Waals surface area contributed by atoms with Crippen LogP contribution >= 0.6 is 0 Å². The van der Waals surface area contributed by atoms with E-state index < -0.39 is 0 Å². The number of benzene rings is 1. The Labute approximate surface area is 101 Å². The van der Waals surface area contributed by atoms with Crippen molar-refractivity contribution in [1.82, 2.24) is 9.55 Å². The van der Waals surface area contributed by atoms with Crippen LogP contribution in [0.25, 0.3) is 21.8 Å². The molecule has 85 valence electrons. The van der Waals surface area contributed by atoms with Gasteiger partial charge in [0.05, 0.1) is 11.2 Å². The summed E-state index contributed by atoms with van der Waals surface area (Å²) in [5.41, 5.74) is 3.27. The lowest BCUT2D eigenvalue weighted by Crippen LogP contribution is -2.01. The third kappa shape index (κ3) is 1.37. The first-order valence-corrected chi connectivity index (χ1v) is 5.89. The molecular weight excluding hydrogens is 208 g/mol. The van der Waals surface area contributed by atoms with Crippen LogP contribution in [-0.4, -0.2) is 9.55 Å². The molecule has 0 aliphatic carbocycles. The Morgan fingerprint density at radius 2 is 1.88 bits per heavy atom. The fourth-order valence-corrected chi connectivity index (χ4v) is 2.55. The summed E-state index contributed by atoms with van der Waals surface area (Å²) in [6, 6.07) is 11.0. The average molecular weight is 223 g/mol. The third-order valence-corrected chi connectivity index (χ3v) is 3.21. The molecule has 2 heteroatoms. The van der Waals surface area contributed by atoms with Gasteiger partial charge in [0, 0.05) is 28.5 Å². The van der Waals surface area contributed by atoms with Crippen molar-refractivity contribution < 1.29 is 0 Å². The zero-order valence-corrected chi connectivity index (χ0v) is 10.1. The average Bonchev–Trinajstić information content (AvgIpc) is 2.65. The van der Waals surface area contributed by atoms with E-state index in [9.17, 15) is 0 Å². The van der Waals surface area contributed by atoms with Gasteiger partial charge >= 0.3 is 0 Å². The molecule has 0 unspecified atom stereocenters. The number of nitrogens with zero attached hydrogens (tertiary/aromatic N) is 2. The molecule has 0 aliphatic heterocycles. The van der Waals surface area contributed by atoms with Crippen molar-refractivity contribution in [3.05, 3.63) is 49.1 Å². The molecule has 0 amide bonds. The fraction of sp³-hybridized carbons (Fsp3) is 0.200. The molecule has 1 aromatic carbocycles. The maximum absolute atomic E-state index is 4.31. The van der Waals surface area contributed by atoms with Gasteiger partial charge in [0.15, 0.2) is 0 Å². The van der Waals surface area contributed by atoms with Crippen LogP contribution in [0.4, 0.5) is 0 Å². The molecule has 0 saturated carbocycles. The van der Waals surface area contributed by atoms with E-state index in [1.807, 2.05) is 6.20 Å². The lowest BCUT2D eigenvalue weighted by Gasteiger charge is -2.12. The Bertz CT molecular complexity index is 693. The van der Waals surface area contributed by atoms with Crippen LogP contribution in [-0.2, 0) is 0 Å². The molecule has 0 bridgehead atoms. The summed E-state index contributed by atoms with van der Waals surface area (Å²) in [4.78, 5) is 4.31.